The summed E-state index contributed by atoms with van der Waals surface area (Å²) >= 11 is 12.8. The molecule has 1 atom stereocenters. The van der Waals surface area contributed by atoms with Gasteiger partial charge in [0.2, 0.25) is 0 Å². The number of likely N-dealkylation sites (tertiary alicyclic amines) is 2. The minimum atomic E-state index is -0.606. The lowest BCUT2D eigenvalue weighted by Crippen LogP contribution is -2.44. The minimum absolute atomic E-state index is 0.295. The standard InChI is InChI=1S/C36H44Cl2N6O4/c1-23(2)48-36(47)42-16-11-25(12-17-42)24-9-14-41(15-10-24)20-29(45)21-44-33-13-18-43(35(39)46)22-31(33)34(40-44)27-5-8-32(38)30(19-27)26-3-6-28(37)7-4-26/h3-8,19,24-25,29,45H,1,9-18,20-22H2,2H3,(H2,39,46)/t29-/m0/s1. The van der Waals surface area contributed by atoms with E-state index in [1.807, 2.05) is 47.1 Å². The molecule has 3 aromatic rings. The highest BCUT2D eigenvalue weighted by Crippen LogP contribution is 2.37. The zero-order valence-corrected chi connectivity index (χ0v) is 28.9. The lowest BCUT2D eigenvalue weighted by Gasteiger charge is -2.40. The summed E-state index contributed by atoms with van der Waals surface area (Å²) < 4.78 is 7.11. The number of nitrogens with two attached hydrogens (primary N) is 1. The van der Waals surface area contributed by atoms with Crippen molar-refractivity contribution in [3.63, 3.8) is 0 Å². The highest BCUT2D eigenvalue weighted by molar-refractivity contribution is 6.33. The number of benzene rings is 2. The quantitative estimate of drug-likeness (QED) is 0.263. The Morgan fingerprint density at radius 1 is 0.958 bits per heavy atom. The average Bonchev–Trinajstić information content (AvgIpc) is 3.42. The van der Waals surface area contributed by atoms with Gasteiger partial charge >= 0.3 is 12.1 Å². The second-order valence-corrected chi connectivity index (χ2v) is 14.2. The van der Waals surface area contributed by atoms with Crippen molar-refractivity contribution in [2.24, 2.45) is 17.6 Å². The second-order valence-electron chi connectivity index (χ2n) is 13.4. The Labute approximate surface area is 292 Å². The lowest BCUT2D eigenvalue weighted by atomic mass is 9.79. The Bertz CT molecular complexity index is 1640. The number of halogens is 2. The maximum absolute atomic E-state index is 12.2. The van der Waals surface area contributed by atoms with E-state index in [2.05, 4.69) is 11.5 Å². The number of carbonyl (C=O) groups excluding carboxylic acids is 2. The van der Waals surface area contributed by atoms with Crippen LogP contribution in [0.3, 0.4) is 0 Å². The van der Waals surface area contributed by atoms with Crippen LogP contribution in [-0.4, -0.2) is 87.1 Å². The molecule has 0 bridgehead atoms. The van der Waals surface area contributed by atoms with Crippen molar-refractivity contribution >= 4 is 35.3 Å². The summed E-state index contributed by atoms with van der Waals surface area (Å²) in [5.74, 6) is 1.65. The van der Waals surface area contributed by atoms with E-state index in [9.17, 15) is 14.7 Å². The fraction of sp³-hybridized carbons (Fsp3) is 0.472. The number of amides is 3. The van der Waals surface area contributed by atoms with Gasteiger partial charge in [0.25, 0.3) is 0 Å². The Hall–Kier alpha value is -3.57. The third kappa shape index (κ3) is 7.83. The van der Waals surface area contributed by atoms with Crippen molar-refractivity contribution in [3.05, 3.63) is 76.1 Å². The molecular weight excluding hydrogens is 651 g/mol. The Morgan fingerprint density at radius 3 is 2.25 bits per heavy atom. The summed E-state index contributed by atoms with van der Waals surface area (Å²) in [7, 11) is 0. The second kappa shape index (κ2) is 14.9. The molecule has 2 fully saturated rings. The van der Waals surface area contributed by atoms with Gasteiger partial charge in [0.05, 0.1) is 30.6 Å². The fourth-order valence-electron chi connectivity index (χ4n) is 7.51. The van der Waals surface area contributed by atoms with E-state index in [0.717, 1.165) is 85.5 Å². The number of ether oxygens (including phenoxy) is 1. The van der Waals surface area contributed by atoms with Crippen molar-refractivity contribution in [2.75, 3.05) is 39.3 Å². The first-order valence-electron chi connectivity index (χ1n) is 16.8. The molecule has 2 aromatic carbocycles. The maximum atomic E-state index is 12.2. The van der Waals surface area contributed by atoms with Crippen LogP contribution in [0.5, 0.6) is 0 Å². The van der Waals surface area contributed by atoms with Gasteiger partial charge in [-0.1, -0.05) is 48.0 Å². The SMILES string of the molecule is C=C(C)OC(=O)N1CCC(C2CCN(C[C@H](O)Cn3nc(-c4ccc(Cl)c(-c5ccc(Cl)cc5)c4)c4c3CCN(C(N)=O)C4)CC2)CC1. The summed E-state index contributed by atoms with van der Waals surface area (Å²) in [4.78, 5) is 30.1. The number of hydrogen-bond acceptors (Lipinski definition) is 6. The molecule has 0 unspecified atom stereocenters. The summed E-state index contributed by atoms with van der Waals surface area (Å²) in [5.41, 5.74) is 11.1. The number of rotatable bonds is 8. The Morgan fingerprint density at radius 2 is 1.60 bits per heavy atom. The van der Waals surface area contributed by atoms with E-state index in [4.69, 9.17) is 38.8 Å². The largest absolute Gasteiger partial charge is 0.416 e. The van der Waals surface area contributed by atoms with Crippen molar-refractivity contribution in [1.82, 2.24) is 24.5 Å². The number of aromatic nitrogens is 2. The van der Waals surface area contributed by atoms with Crippen molar-refractivity contribution in [1.29, 1.82) is 0 Å². The molecule has 2 saturated heterocycles. The number of allylic oxidation sites excluding steroid dienone is 1. The molecule has 3 aliphatic rings. The smallest absolute Gasteiger partial charge is 0.414 e. The summed E-state index contributed by atoms with van der Waals surface area (Å²) in [6.07, 6.45) is 3.86. The van der Waals surface area contributed by atoms with Gasteiger partial charge in [0.1, 0.15) is 0 Å². The van der Waals surface area contributed by atoms with Crippen molar-refractivity contribution in [2.45, 2.75) is 58.2 Å². The number of aliphatic hydroxyl groups is 1. The van der Waals surface area contributed by atoms with Gasteiger partial charge < -0.3 is 30.3 Å². The number of urea groups is 1. The van der Waals surface area contributed by atoms with Gasteiger partial charge in [-0.15, -0.1) is 0 Å². The first-order chi connectivity index (χ1) is 23.0. The predicted molar refractivity (Wildman–Crippen MR) is 188 cm³/mol. The van der Waals surface area contributed by atoms with Crippen molar-refractivity contribution < 1.29 is 19.4 Å². The van der Waals surface area contributed by atoms with Crippen LogP contribution in [-0.2, 0) is 24.2 Å². The van der Waals surface area contributed by atoms with Crippen LogP contribution in [0.4, 0.5) is 9.59 Å². The summed E-state index contributed by atoms with van der Waals surface area (Å²) in [6, 6.07) is 12.9. The number of hydrogen-bond donors (Lipinski definition) is 2. The molecule has 3 N–H and O–H groups in total. The van der Waals surface area contributed by atoms with Crippen LogP contribution < -0.4 is 5.73 Å². The molecule has 0 aliphatic carbocycles. The van der Waals surface area contributed by atoms with Gasteiger partial charge in [-0.05, 0) is 87.4 Å². The van der Waals surface area contributed by atoms with Gasteiger partial charge in [0.15, 0.2) is 0 Å². The number of nitrogens with zero attached hydrogens (tertiary/aromatic N) is 5. The molecule has 0 spiro atoms. The predicted octanol–water partition coefficient (Wildman–Crippen LogP) is 6.42. The van der Waals surface area contributed by atoms with E-state index in [1.165, 1.54) is 0 Å². The molecular formula is C36H44Cl2N6O4. The monoisotopic (exact) mass is 694 g/mol. The molecule has 12 heteroatoms. The minimum Gasteiger partial charge on any atom is -0.416 e. The van der Waals surface area contributed by atoms with Gasteiger partial charge in [-0.25, -0.2) is 9.59 Å². The van der Waals surface area contributed by atoms with E-state index < -0.39 is 12.1 Å². The number of aliphatic hydroxyl groups excluding tert-OH is 1. The molecule has 4 heterocycles. The third-order valence-corrected chi connectivity index (χ3v) is 10.6. The van der Waals surface area contributed by atoms with Gasteiger partial charge in [-0.3, -0.25) is 4.68 Å². The van der Waals surface area contributed by atoms with Crippen LogP contribution in [0.25, 0.3) is 22.4 Å². The number of piperidine rings is 2. The van der Waals surface area contributed by atoms with E-state index in [0.29, 0.717) is 60.2 Å². The molecule has 48 heavy (non-hydrogen) atoms. The topological polar surface area (TPSA) is 117 Å². The fourth-order valence-corrected chi connectivity index (χ4v) is 7.87. The highest BCUT2D eigenvalue weighted by atomic mass is 35.5. The van der Waals surface area contributed by atoms with Gasteiger partial charge in [0, 0.05) is 65.0 Å². The number of primary amides is 1. The molecule has 3 amide bonds. The summed E-state index contributed by atoms with van der Waals surface area (Å²) in [6.45, 7) is 10.5. The van der Waals surface area contributed by atoms with Crippen LogP contribution in [0.1, 0.15) is 43.9 Å². The normalized spacial score (nSPS) is 18.4. The highest BCUT2D eigenvalue weighted by Gasteiger charge is 2.33. The van der Waals surface area contributed by atoms with E-state index >= 15 is 0 Å². The average molecular weight is 696 g/mol. The summed E-state index contributed by atoms with van der Waals surface area (Å²) in [5, 5.41) is 17.6. The number of β-amino-alcohol motifs (C(OH)–C–C–N with tert-alkyl or cyclic N) is 1. The van der Waals surface area contributed by atoms with E-state index in [-0.39, 0.29) is 6.09 Å². The Balaban J connectivity index is 1.11. The van der Waals surface area contributed by atoms with Crippen LogP contribution >= 0.6 is 23.2 Å². The molecule has 0 saturated carbocycles. The van der Waals surface area contributed by atoms with E-state index in [1.54, 1.807) is 16.7 Å². The van der Waals surface area contributed by atoms with Crippen LogP contribution in [0, 0.1) is 11.8 Å². The van der Waals surface area contributed by atoms with Crippen molar-refractivity contribution in [3.8, 4) is 22.4 Å². The zero-order chi connectivity index (χ0) is 33.9. The first kappa shape index (κ1) is 34.3. The molecule has 1 aromatic heterocycles. The maximum Gasteiger partial charge on any atom is 0.414 e. The third-order valence-electron chi connectivity index (χ3n) is 10.1. The lowest BCUT2D eigenvalue weighted by molar-refractivity contribution is 0.0539. The molecule has 3 aliphatic heterocycles. The molecule has 256 valence electrons. The van der Waals surface area contributed by atoms with Gasteiger partial charge in [-0.2, -0.15) is 5.10 Å². The van der Waals surface area contributed by atoms with Crippen LogP contribution in [0.2, 0.25) is 10.0 Å². The molecule has 0 radical (unpaired) electrons. The molecule has 6 rings (SSSR count). The number of fused-ring (bicyclic) bond motifs is 1. The first-order valence-corrected chi connectivity index (χ1v) is 17.5. The zero-order valence-electron chi connectivity index (χ0n) is 27.4. The number of carbonyl (C=O) groups is 2. The van der Waals surface area contributed by atoms with Crippen LogP contribution in [0.15, 0.2) is 54.8 Å². The Kier molecular flexibility index (Phi) is 10.6. The molecule has 10 nitrogen and oxygen atoms in total.